The van der Waals surface area contributed by atoms with Gasteiger partial charge in [-0.1, -0.05) is 37.3 Å². The highest BCUT2D eigenvalue weighted by Gasteiger charge is 2.14. The molecule has 0 bridgehead atoms. The molecule has 0 radical (unpaired) electrons. The first-order valence-electron chi connectivity index (χ1n) is 9.80. The van der Waals surface area contributed by atoms with Gasteiger partial charge in [0.1, 0.15) is 10.8 Å². The summed E-state index contributed by atoms with van der Waals surface area (Å²) in [5.74, 6) is -0.106. The Bertz CT molecular complexity index is 1020. The van der Waals surface area contributed by atoms with Gasteiger partial charge >= 0.3 is 5.97 Å². The first kappa shape index (κ1) is 21.5. The van der Waals surface area contributed by atoms with Crippen LogP contribution in [0.4, 0.5) is 5.69 Å². The van der Waals surface area contributed by atoms with Gasteiger partial charge in [0.15, 0.2) is 6.61 Å². The molecule has 1 heterocycles. The van der Waals surface area contributed by atoms with Gasteiger partial charge in [-0.3, -0.25) is 9.59 Å². The second kappa shape index (κ2) is 10.5. The SMILES string of the molecule is CCOc1ccccc1-c1nc(CC(=O)OCC(=O)Nc2ccccc2CC)cs1. The van der Waals surface area contributed by atoms with Crippen molar-refractivity contribution in [2.75, 3.05) is 18.5 Å². The molecule has 0 aliphatic carbocycles. The summed E-state index contributed by atoms with van der Waals surface area (Å²) in [6.45, 7) is 4.17. The van der Waals surface area contributed by atoms with E-state index in [0.717, 1.165) is 34.0 Å². The fourth-order valence-corrected chi connectivity index (χ4v) is 3.77. The third-order valence-corrected chi connectivity index (χ3v) is 5.26. The van der Waals surface area contributed by atoms with Crippen molar-refractivity contribution >= 4 is 28.9 Å². The maximum absolute atomic E-state index is 12.1. The molecular weight excluding hydrogens is 400 g/mol. The minimum Gasteiger partial charge on any atom is -0.493 e. The Morgan fingerprint density at radius 1 is 1.07 bits per heavy atom. The van der Waals surface area contributed by atoms with Crippen LogP contribution in [0.1, 0.15) is 25.1 Å². The number of nitrogens with zero attached hydrogens (tertiary/aromatic N) is 1. The van der Waals surface area contributed by atoms with Gasteiger partial charge in [-0.25, -0.2) is 4.98 Å². The van der Waals surface area contributed by atoms with Crippen molar-refractivity contribution in [2.45, 2.75) is 26.7 Å². The molecule has 0 fully saturated rings. The van der Waals surface area contributed by atoms with E-state index in [-0.39, 0.29) is 18.9 Å². The number of carbonyl (C=O) groups is 2. The molecule has 0 atom stereocenters. The second-order valence-corrected chi connectivity index (χ2v) is 7.33. The lowest BCUT2D eigenvalue weighted by Gasteiger charge is -2.09. The van der Waals surface area contributed by atoms with E-state index >= 15 is 0 Å². The molecule has 2 aromatic carbocycles. The number of nitrogens with one attached hydrogen (secondary N) is 1. The van der Waals surface area contributed by atoms with Gasteiger partial charge in [-0.15, -0.1) is 11.3 Å². The van der Waals surface area contributed by atoms with E-state index in [2.05, 4.69) is 10.3 Å². The Kier molecular flexibility index (Phi) is 7.57. The zero-order valence-electron chi connectivity index (χ0n) is 17.0. The number of para-hydroxylation sites is 2. The number of thiazole rings is 1. The van der Waals surface area contributed by atoms with Crippen LogP contribution in [0, 0.1) is 0 Å². The summed E-state index contributed by atoms with van der Waals surface area (Å²) in [4.78, 5) is 28.8. The molecular formula is C23H24N2O4S. The topological polar surface area (TPSA) is 77.5 Å². The van der Waals surface area contributed by atoms with Crippen molar-refractivity contribution in [1.29, 1.82) is 0 Å². The number of hydrogen-bond acceptors (Lipinski definition) is 6. The highest BCUT2D eigenvalue weighted by atomic mass is 32.1. The molecule has 0 saturated carbocycles. The van der Waals surface area contributed by atoms with Crippen LogP contribution >= 0.6 is 11.3 Å². The average Bonchev–Trinajstić information content (AvgIpc) is 3.21. The number of benzene rings is 2. The number of ether oxygens (including phenoxy) is 2. The summed E-state index contributed by atoms with van der Waals surface area (Å²) in [5, 5.41) is 5.37. The van der Waals surface area contributed by atoms with Crippen LogP contribution in [0.5, 0.6) is 5.75 Å². The first-order chi connectivity index (χ1) is 14.6. The van der Waals surface area contributed by atoms with Gasteiger partial charge in [0.25, 0.3) is 5.91 Å². The zero-order chi connectivity index (χ0) is 21.3. The number of hydrogen-bond donors (Lipinski definition) is 1. The first-order valence-corrected chi connectivity index (χ1v) is 10.7. The van der Waals surface area contributed by atoms with Gasteiger partial charge in [-0.2, -0.15) is 0 Å². The van der Waals surface area contributed by atoms with Crippen LogP contribution < -0.4 is 10.1 Å². The Morgan fingerprint density at radius 3 is 2.63 bits per heavy atom. The maximum atomic E-state index is 12.1. The minimum absolute atomic E-state index is 0.00608. The van der Waals surface area contributed by atoms with Gasteiger partial charge in [0, 0.05) is 11.1 Å². The Balaban J connectivity index is 1.54. The molecule has 156 valence electrons. The molecule has 0 spiro atoms. The third kappa shape index (κ3) is 5.67. The summed E-state index contributed by atoms with van der Waals surface area (Å²) in [6.07, 6.45) is 0.807. The summed E-state index contributed by atoms with van der Waals surface area (Å²) >= 11 is 1.44. The molecule has 0 aliphatic rings. The molecule has 1 N–H and O–H groups in total. The summed E-state index contributed by atoms with van der Waals surface area (Å²) in [6, 6.07) is 15.2. The number of carbonyl (C=O) groups excluding carboxylic acids is 2. The van der Waals surface area contributed by atoms with E-state index < -0.39 is 5.97 Å². The standard InChI is InChI=1S/C23H24N2O4S/c1-3-16-9-5-7-11-19(16)25-21(26)14-29-22(27)13-17-15-30-23(24-17)18-10-6-8-12-20(18)28-4-2/h5-12,15H,3-4,13-14H2,1-2H3,(H,25,26). The number of esters is 1. The van der Waals surface area contributed by atoms with E-state index in [1.807, 2.05) is 67.8 Å². The number of aryl methyl sites for hydroxylation is 1. The fourth-order valence-electron chi connectivity index (χ4n) is 2.92. The smallest absolute Gasteiger partial charge is 0.312 e. The van der Waals surface area contributed by atoms with E-state index in [1.165, 1.54) is 11.3 Å². The highest BCUT2D eigenvalue weighted by molar-refractivity contribution is 7.13. The molecule has 0 unspecified atom stereocenters. The average molecular weight is 425 g/mol. The van der Waals surface area contributed by atoms with Gasteiger partial charge in [0.05, 0.1) is 24.3 Å². The molecule has 3 rings (SSSR count). The minimum atomic E-state index is -0.496. The van der Waals surface area contributed by atoms with Crippen LogP contribution in [0.15, 0.2) is 53.9 Å². The highest BCUT2D eigenvalue weighted by Crippen LogP contribution is 2.32. The summed E-state index contributed by atoms with van der Waals surface area (Å²) in [7, 11) is 0. The largest absolute Gasteiger partial charge is 0.493 e. The van der Waals surface area contributed by atoms with Crippen molar-refractivity contribution in [3.05, 3.63) is 65.2 Å². The number of aromatic nitrogens is 1. The summed E-state index contributed by atoms with van der Waals surface area (Å²) < 4.78 is 10.8. The van der Waals surface area contributed by atoms with Crippen LogP contribution in [-0.2, 0) is 27.2 Å². The second-order valence-electron chi connectivity index (χ2n) is 6.47. The summed E-state index contributed by atoms with van der Waals surface area (Å²) in [5.41, 5.74) is 3.25. The van der Waals surface area contributed by atoms with Crippen molar-refractivity contribution in [1.82, 2.24) is 4.98 Å². The molecule has 0 aliphatic heterocycles. The Morgan fingerprint density at radius 2 is 1.83 bits per heavy atom. The van der Waals surface area contributed by atoms with E-state index in [0.29, 0.717) is 12.3 Å². The Hall–Kier alpha value is -3.19. The number of rotatable bonds is 9. The van der Waals surface area contributed by atoms with Crippen molar-refractivity contribution < 1.29 is 19.1 Å². The quantitative estimate of drug-likeness (QED) is 0.512. The van der Waals surface area contributed by atoms with Crippen molar-refractivity contribution in [3.8, 4) is 16.3 Å². The predicted octanol–water partition coefficient (Wildman–Crippen LogP) is 4.50. The molecule has 0 saturated heterocycles. The molecule has 7 heteroatoms. The molecule has 3 aromatic rings. The Labute approximate surface area is 179 Å². The lowest BCUT2D eigenvalue weighted by atomic mass is 10.1. The maximum Gasteiger partial charge on any atom is 0.312 e. The monoisotopic (exact) mass is 424 g/mol. The number of amides is 1. The zero-order valence-corrected chi connectivity index (χ0v) is 17.8. The number of anilines is 1. The van der Waals surface area contributed by atoms with Gasteiger partial charge in [0.2, 0.25) is 0 Å². The van der Waals surface area contributed by atoms with E-state index in [9.17, 15) is 9.59 Å². The van der Waals surface area contributed by atoms with Crippen LogP contribution in [0.2, 0.25) is 0 Å². The molecule has 30 heavy (non-hydrogen) atoms. The normalized spacial score (nSPS) is 10.5. The van der Waals surface area contributed by atoms with E-state index in [4.69, 9.17) is 9.47 Å². The molecule has 6 nitrogen and oxygen atoms in total. The van der Waals surface area contributed by atoms with Crippen molar-refractivity contribution in [3.63, 3.8) is 0 Å². The lowest BCUT2D eigenvalue weighted by Crippen LogP contribution is -2.22. The van der Waals surface area contributed by atoms with Crippen LogP contribution in [0.3, 0.4) is 0 Å². The van der Waals surface area contributed by atoms with Crippen LogP contribution in [-0.4, -0.2) is 30.1 Å². The molecule has 1 aromatic heterocycles. The van der Waals surface area contributed by atoms with Crippen molar-refractivity contribution in [2.24, 2.45) is 0 Å². The van der Waals surface area contributed by atoms with Gasteiger partial charge in [-0.05, 0) is 37.1 Å². The van der Waals surface area contributed by atoms with Crippen LogP contribution in [0.25, 0.3) is 10.6 Å². The fraction of sp³-hybridized carbons (Fsp3) is 0.261. The van der Waals surface area contributed by atoms with E-state index in [1.54, 1.807) is 0 Å². The predicted molar refractivity (Wildman–Crippen MR) is 118 cm³/mol. The lowest BCUT2D eigenvalue weighted by molar-refractivity contribution is -0.146. The third-order valence-electron chi connectivity index (χ3n) is 4.33. The van der Waals surface area contributed by atoms with Gasteiger partial charge < -0.3 is 14.8 Å². The molecule has 1 amide bonds.